The Labute approximate surface area is 103 Å². The maximum Gasteiger partial charge on any atom is 0.123 e. The van der Waals surface area contributed by atoms with Crippen molar-refractivity contribution in [2.45, 2.75) is 10.9 Å². The first-order valence-corrected chi connectivity index (χ1v) is 6.16. The van der Waals surface area contributed by atoms with Gasteiger partial charge in [-0.25, -0.2) is 9.82 Å². The van der Waals surface area contributed by atoms with Crippen molar-refractivity contribution in [2.24, 2.45) is 5.84 Å². The van der Waals surface area contributed by atoms with Gasteiger partial charge in [-0.2, -0.15) is 0 Å². The van der Waals surface area contributed by atoms with E-state index in [0.717, 1.165) is 16.4 Å². The molecule has 1 unspecified atom stereocenters. The van der Waals surface area contributed by atoms with E-state index in [1.807, 2.05) is 12.1 Å². The maximum atomic E-state index is 12.7. The third kappa shape index (κ3) is 3.33. The molecule has 0 radical (unpaired) electrons. The Balaban J connectivity index is 1.94. The van der Waals surface area contributed by atoms with Crippen molar-refractivity contribution in [3.8, 4) is 0 Å². The van der Waals surface area contributed by atoms with E-state index in [4.69, 9.17) is 10.3 Å². The molecule has 5 heteroatoms. The highest BCUT2D eigenvalue weighted by Crippen LogP contribution is 2.24. The lowest BCUT2D eigenvalue weighted by molar-refractivity contribution is 0.440. The lowest BCUT2D eigenvalue weighted by Crippen LogP contribution is -2.29. The standard InChI is InChI=1S/C12H13FN2OS/c13-9-3-5-10(6-4-9)17-8-11(15-14)12-2-1-7-16-12/h1-7,11,15H,8,14H2. The minimum Gasteiger partial charge on any atom is -0.468 e. The van der Waals surface area contributed by atoms with E-state index in [-0.39, 0.29) is 11.9 Å². The van der Waals surface area contributed by atoms with E-state index in [2.05, 4.69) is 5.43 Å². The monoisotopic (exact) mass is 252 g/mol. The van der Waals surface area contributed by atoms with Gasteiger partial charge in [0, 0.05) is 10.6 Å². The molecule has 90 valence electrons. The van der Waals surface area contributed by atoms with Crippen LogP contribution in [0.25, 0.3) is 0 Å². The summed E-state index contributed by atoms with van der Waals surface area (Å²) in [5, 5.41) is 0. The first-order chi connectivity index (χ1) is 8.29. The summed E-state index contributed by atoms with van der Waals surface area (Å²) in [4.78, 5) is 0.998. The van der Waals surface area contributed by atoms with Gasteiger partial charge in [-0.1, -0.05) is 0 Å². The highest BCUT2D eigenvalue weighted by molar-refractivity contribution is 7.99. The minimum atomic E-state index is -0.228. The summed E-state index contributed by atoms with van der Waals surface area (Å²) >= 11 is 1.59. The van der Waals surface area contributed by atoms with Crippen LogP contribution in [-0.2, 0) is 0 Å². The predicted molar refractivity (Wildman–Crippen MR) is 65.9 cm³/mol. The number of nitrogens with two attached hydrogens (primary N) is 1. The second-order valence-corrected chi connectivity index (χ2v) is 4.59. The number of hydrogen-bond acceptors (Lipinski definition) is 4. The first kappa shape index (κ1) is 12.2. The number of hydrogen-bond donors (Lipinski definition) is 2. The van der Waals surface area contributed by atoms with E-state index in [9.17, 15) is 4.39 Å². The minimum absolute atomic E-state index is 0.0555. The van der Waals surface area contributed by atoms with Crippen LogP contribution in [0.4, 0.5) is 4.39 Å². The molecule has 2 rings (SSSR count). The van der Waals surface area contributed by atoms with Crippen molar-refractivity contribution in [3.05, 3.63) is 54.2 Å². The summed E-state index contributed by atoms with van der Waals surface area (Å²) < 4.78 is 18.0. The summed E-state index contributed by atoms with van der Waals surface area (Å²) in [5.41, 5.74) is 2.70. The molecule has 0 fully saturated rings. The lowest BCUT2D eigenvalue weighted by Gasteiger charge is -2.12. The highest BCUT2D eigenvalue weighted by atomic mass is 32.2. The molecule has 1 aromatic carbocycles. The van der Waals surface area contributed by atoms with Crippen molar-refractivity contribution in [3.63, 3.8) is 0 Å². The van der Waals surface area contributed by atoms with Crippen molar-refractivity contribution in [1.82, 2.24) is 5.43 Å². The molecule has 17 heavy (non-hydrogen) atoms. The predicted octanol–water partition coefficient (Wildman–Crippen LogP) is 2.72. The summed E-state index contributed by atoms with van der Waals surface area (Å²) in [6, 6.07) is 10.0. The molecule has 1 atom stereocenters. The second kappa shape index (κ2) is 5.86. The average Bonchev–Trinajstić information content (AvgIpc) is 2.86. The number of thioether (sulfide) groups is 1. The molecule has 0 saturated heterocycles. The number of rotatable bonds is 5. The Morgan fingerprint density at radius 3 is 2.65 bits per heavy atom. The molecular weight excluding hydrogens is 239 g/mol. The third-order valence-electron chi connectivity index (χ3n) is 2.32. The first-order valence-electron chi connectivity index (χ1n) is 5.17. The van der Waals surface area contributed by atoms with Crippen LogP contribution in [0.1, 0.15) is 11.8 Å². The van der Waals surface area contributed by atoms with E-state index in [0.29, 0.717) is 0 Å². The van der Waals surface area contributed by atoms with Gasteiger partial charge in [-0.05, 0) is 36.4 Å². The van der Waals surface area contributed by atoms with Crippen LogP contribution in [-0.4, -0.2) is 5.75 Å². The van der Waals surface area contributed by atoms with Crippen LogP contribution < -0.4 is 11.3 Å². The van der Waals surface area contributed by atoms with Gasteiger partial charge < -0.3 is 4.42 Å². The molecule has 3 nitrogen and oxygen atoms in total. The zero-order chi connectivity index (χ0) is 12.1. The molecule has 0 bridgehead atoms. The fraction of sp³-hybridized carbons (Fsp3) is 0.167. The van der Waals surface area contributed by atoms with Gasteiger partial charge >= 0.3 is 0 Å². The normalized spacial score (nSPS) is 12.6. The maximum absolute atomic E-state index is 12.7. The van der Waals surface area contributed by atoms with Crippen LogP contribution in [0, 0.1) is 5.82 Å². The molecule has 0 spiro atoms. The van der Waals surface area contributed by atoms with Gasteiger partial charge in [0.25, 0.3) is 0 Å². The summed E-state index contributed by atoms with van der Waals surface area (Å²) in [5.74, 6) is 6.75. The van der Waals surface area contributed by atoms with Gasteiger partial charge in [0.2, 0.25) is 0 Å². The molecule has 0 aliphatic heterocycles. The Kier molecular flexibility index (Phi) is 4.19. The van der Waals surface area contributed by atoms with Crippen molar-refractivity contribution in [2.75, 3.05) is 5.75 Å². The fourth-order valence-electron chi connectivity index (χ4n) is 1.41. The summed E-state index contributed by atoms with van der Waals surface area (Å²) in [7, 11) is 0. The van der Waals surface area contributed by atoms with Crippen LogP contribution in [0.3, 0.4) is 0 Å². The molecule has 1 heterocycles. The van der Waals surface area contributed by atoms with Crippen LogP contribution in [0.15, 0.2) is 52.0 Å². The topological polar surface area (TPSA) is 51.2 Å². The summed E-state index contributed by atoms with van der Waals surface area (Å²) in [6.07, 6.45) is 1.61. The average molecular weight is 252 g/mol. The van der Waals surface area contributed by atoms with E-state index in [1.165, 1.54) is 12.1 Å². The molecule has 0 aliphatic carbocycles. The van der Waals surface area contributed by atoms with Gasteiger partial charge in [0.15, 0.2) is 0 Å². The van der Waals surface area contributed by atoms with E-state index in [1.54, 1.807) is 30.2 Å². The zero-order valence-corrected chi connectivity index (χ0v) is 9.91. The molecule has 1 aromatic heterocycles. The van der Waals surface area contributed by atoms with E-state index >= 15 is 0 Å². The van der Waals surface area contributed by atoms with Gasteiger partial charge in [-0.15, -0.1) is 11.8 Å². The van der Waals surface area contributed by atoms with E-state index < -0.39 is 0 Å². The number of benzene rings is 1. The lowest BCUT2D eigenvalue weighted by atomic mass is 10.3. The van der Waals surface area contributed by atoms with Crippen LogP contribution >= 0.6 is 11.8 Å². The zero-order valence-electron chi connectivity index (χ0n) is 9.10. The largest absolute Gasteiger partial charge is 0.468 e. The van der Waals surface area contributed by atoms with Gasteiger partial charge in [0.05, 0.1) is 12.3 Å². The SMILES string of the molecule is NNC(CSc1ccc(F)cc1)c1ccco1. The Hall–Kier alpha value is -1.30. The molecule has 2 aromatic rings. The second-order valence-electron chi connectivity index (χ2n) is 3.50. The van der Waals surface area contributed by atoms with Crippen molar-refractivity contribution >= 4 is 11.8 Å². The van der Waals surface area contributed by atoms with Crippen molar-refractivity contribution < 1.29 is 8.81 Å². The van der Waals surface area contributed by atoms with Crippen LogP contribution in [0.5, 0.6) is 0 Å². The van der Waals surface area contributed by atoms with Gasteiger partial charge in [0.1, 0.15) is 11.6 Å². The molecule has 0 amide bonds. The number of hydrazine groups is 1. The quantitative estimate of drug-likeness (QED) is 0.488. The smallest absolute Gasteiger partial charge is 0.123 e. The Morgan fingerprint density at radius 2 is 2.06 bits per heavy atom. The number of nitrogens with one attached hydrogen (secondary N) is 1. The summed E-state index contributed by atoms with van der Waals surface area (Å²) in [6.45, 7) is 0. The fourth-order valence-corrected chi connectivity index (χ4v) is 2.36. The number of furan rings is 1. The molecular formula is C12H13FN2OS. The Bertz CT molecular complexity index is 444. The molecule has 0 aliphatic rings. The van der Waals surface area contributed by atoms with Gasteiger partial charge in [-0.3, -0.25) is 5.84 Å². The highest BCUT2D eigenvalue weighted by Gasteiger charge is 2.12. The van der Waals surface area contributed by atoms with Crippen LogP contribution in [0.2, 0.25) is 0 Å². The molecule has 3 N–H and O–H groups in total. The third-order valence-corrected chi connectivity index (χ3v) is 3.42. The molecule has 0 saturated carbocycles. The Morgan fingerprint density at radius 1 is 1.29 bits per heavy atom. The van der Waals surface area contributed by atoms with Crippen molar-refractivity contribution in [1.29, 1.82) is 0 Å². The number of halogens is 1.